The fourth-order valence-corrected chi connectivity index (χ4v) is 3.54. The van der Waals surface area contributed by atoms with Crippen molar-refractivity contribution in [2.24, 2.45) is 0 Å². The molecule has 1 saturated heterocycles. The van der Waals surface area contributed by atoms with Gasteiger partial charge in [0, 0.05) is 19.6 Å². The fraction of sp³-hybridized carbons (Fsp3) is 0.312. The van der Waals surface area contributed by atoms with E-state index in [1.165, 1.54) is 17.0 Å². The van der Waals surface area contributed by atoms with Gasteiger partial charge in [-0.1, -0.05) is 23.5 Å². The van der Waals surface area contributed by atoms with Crippen LogP contribution in [0.2, 0.25) is 0 Å². The van der Waals surface area contributed by atoms with Gasteiger partial charge >= 0.3 is 12.0 Å². The first kappa shape index (κ1) is 16.4. The lowest BCUT2D eigenvalue weighted by Crippen LogP contribution is -2.49. The first-order valence-corrected chi connectivity index (χ1v) is 8.29. The Morgan fingerprint density at radius 2 is 2.04 bits per heavy atom. The summed E-state index contributed by atoms with van der Waals surface area (Å²) in [5.74, 6) is -1.35. The predicted octanol–water partition coefficient (Wildman–Crippen LogP) is 3.12. The van der Waals surface area contributed by atoms with Crippen molar-refractivity contribution in [2.45, 2.75) is 19.9 Å². The van der Waals surface area contributed by atoms with Crippen molar-refractivity contribution in [3.8, 4) is 0 Å². The molecule has 0 unspecified atom stereocenters. The lowest BCUT2D eigenvalue weighted by Gasteiger charge is -2.34. The van der Waals surface area contributed by atoms with Crippen LogP contribution in [0.15, 0.2) is 24.3 Å². The second-order valence-corrected chi connectivity index (χ2v) is 6.53. The van der Waals surface area contributed by atoms with Crippen molar-refractivity contribution in [3.05, 3.63) is 46.2 Å². The number of anilines is 1. The minimum absolute atomic E-state index is 0.147. The van der Waals surface area contributed by atoms with Crippen molar-refractivity contribution in [1.82, 2.24) is 9.88 Å². The van der Waals surface area contributed by atoms with Gasteiger partial charge in [-0.3, -0.25) is 4.90 Å². The van der Waals surface area contributed by atoms with Crippen LogP contribution >= 0.6 is 11.3 Å². The molecule has 0 atom stereocenters. The Bertz CT molecular complexity index is 775. The maximum atomic E-state index is 13.0. The van der Waals surface area contributed by atoms with Gasteiger partial charge in [0.1, 0.15) is 10.7 Å². The van der Waals surface area contributed by atoms with Gasteiger partial charge < -0.3 is 10.0 Å². The van der Waals surface area contributed by atoms with Crippen molar-refractivity contribution in [3.63, 3.8) is 0 Å². The molecule has 3 rings (SSSR count). The molecule has 1 aliphatic rings. The number of halogens is 1. The summed E-state index contributed by atoms with van der Waals surface area (Å²) in [5.41, 5.74) is 1.25. The molecule has 1 aliphatic heterocycles. The summed E-state index contributed by atoms with van der Waals surface area (Å²) in [7, 11) is 0. The number of thiazole rings is 1. The molecule has 1 N–H and O–H groups in total. The van der Waals surface area contributed by atoms with Crippen LogP contribution in [0.3, 0.4) is 0 Å². The number of hydrogen-bond acceptors (Lipinski definition) is 4. The van der Waals surface area contributed by atoms with Gasteiger partial charge in [-0.2, -0.15) is 0 Å². The monoisotopic (exact) mass is 349 g/mol. The third-order valence-corrected chi connectivity index (χ3v) is 4.98. The number of benzene rings is 1. The van der Waals surface area contributed by atoms with Crippen LogP contribution in [0.25, 0.3) is 0 Å². The van der Waals surface area contributed by atoms with E-state index >= 15 is 0 Å². The molecule has 0 spiro atoms. The minimum atomic E-state index is -1.04. The molecule has 126 valence electrons. The number of aromatic carboxylic acids is 1. The first-order valence-electron chi connectivity index (χ1n) is 7.47. The van der Waals surface area contributed by atoms with Crippen LogP contribution in [0.4, 0.5) is 14.3 Å². The Labute approximate surface area is 142 Å². The lowest BCUT2D eigenvalue weighted by molar-refractivity contribution is 0.0701. The summed E-state index contributed by atoms with van der Waals surface area (Å²) in [5, 5.41) is 9.54. The third kappa shape index (κ3) is 3.23. The Morgan fingerprint density at radius 3 is 2.67 bits per heavy atom. The number of carbonyl (C=O) groups is 2. The normalized spacial score (nSPS) is 15.0. The average Bonchev–Trinajstić information content (AvgIpc) is 2.93. The molecule has 2 heterocycles. The molecule has 1 fully saturated rings. The summed E-state index contributed by atoms with van der Waals surface area (Å²) in [6, 6.07) is 5.82. The van der Waals surface area contributed by atoms with E-state index in [2.05, 4.69) is 4.98 Å². The Kier molecular flexibility index (Phi) is 4.48. The summed E-state index contributed by atoms with van der Waals surface area (Å²) < 4.78 is 13.0. The van der Waals surface area contributed by atoms with Gasteiger partial charge in [0.05, 0.1) is 5.69 Å². The summed E-state index contributed by atoms with van der Waals surface area (Å²) in [6.45, 7) is 3.10. The first-order chi connectivity index (χ1) is 11.5. The molecule has 24 heavy (non-hydrogen) atoms. The highest BCUT2D eigenvalue weighted by Gasteiger charge is 2.30. The molecule has 0 radical (unpaired) electrons. The number of carboxylic acids is 1. The predicted molar refractivity (Wildman–Crippen MR) is 88.0 cm³/mol. The quantitative estimate of drug-likeness (QED) is 0.920. The summed E-state index contributed by atoms with van der Waals surface area (Å²) in [4.78, 5) is 31.4. The topological polar surface area (TPSA) is 73.7 Å². The van der Waals surface area contributed by atoms with Gasteiger partial charge in [-0.05, 0) is 31.0 Å². The standard InChI is InChI=1S/C16H16FN3O3S/c1-10-13(14(21)22)24-15(18-10)20-8-2-7-19(16(20)23)9-11-3-5-12(17)6-4-11/h3-6H,2,7-9H2,1H3,(H,21,22). The highest BCUT2D eigenvalue weighted by atomic mass is 32.1. The van der Waals surface area contributed by atoms with Crippen LogP contribution in [-0.2, 0) is 6.54 Å². The van der Waals surface area contributed by atoms with Crippen molar-refractivity contribution in [1.29, 1.82) is 0 Å². The molecule has 2 aromatic rings. The van der Waals surface area contributed by atoms with Crippen LogP contribution < -0.4 is 4.90 Å². The Morgan fingerprint density at radius 1 is 1.33 bits per heavy atom. The lowest BCUT2D eigenvalue weighted by atomic mass is 10.2. The molecule has 2 amide bonds. The molecule has 0 saturated carbocycles. The van der Waals surface area contributed by atoms with Crippen LogP contribution in [0, 0.1) is 12.7 Å². The smallest absolute Gasteiger partial charge is 0.347 e. The van der Waals surface area contributed by atoms with Crippen molar-refractivity contribution < 1.29 is 19.1 Å². The number of nitrogens with zero attached hydrogens (tertiary/aromatic N) is 3. The van der Waals surface area contributed by atoms with Gasteiger partial charge in [0.2, 0.25) is 0 Å². The largest absolute Gasteiger partial charge is 0.477 e. The molecular weight excluding hydrogens is 333 g/mol. The maximum absolute atomic E-state index is 13.0. The Balaban J connectivity index is 1.78. The number of amides is 2. The summed E-state index contributed by atoms with van der Waals surface area (Å²) >= 11 is 1.01. The minimum Gasteiger partial charge on any atom is -0.477 e. The molecule has 0 bridgehead atoms. The summed E-state index contributed by atoms with van der Waals surface area (Å²) in [6.07, 6.45) is 0.758. The second kappa shape index (κ2) is 6.56. The van der Waals surface area contributed by atoms with E-state index in [-0.39, 0.29) is 16.7 Å². The molecule has 0 aliphatic carbocycles. The van der Waals surface area contributed by atoms with Crippen molar-refractivity contribution >= 4 is 28.5 Å². The number of rotatable bonds is 4. The van der Waals surface area contributed by atoms with Crippen LogP contribution in [0.5, 0.6) is 0 Å². The van der Waals surface area contributed by atoms with Gasteiger partial charge in [0.15, 0.2) is 5.13 Å². The molecule has 8 heteroatoms. The van der Waals surface area contributed by atoms with Gasteiger partial charge in [0.25, 0.3) is 0 Å². The van der Waals surface area contributed by atoms with Crippen LogP contribution in [-0.4, -0.2) is 40.1 Å². The SMILES string of the molecule is Cc1nc(N2CCCN(Cc3ccc(F)cc3)C2=O)sc1C(=O)O. The number of aryl methyl sites for hydroxylation is 1. The zero-order valence-electron chi connectivity index (χ0n) is 13.0. The maximum Gasteiger partial charge on any atom is 0.347 e. The fourth-order valence-electron chi connectivity index (χ4n) is 2.61. The highest BCUT2D eigenvalue weighted by molar-refractivity contribution is 7.17. The molecule has 1 aromatic heterocycles. The van der Waals surface area contributed by atoms with Crippen LogP contribution in [0.1, 0.15) is 27.3 Å². The molecular formula is C16H16FN3O3S. The third-order valence-electron chi connectivity index (χ3n) is 3.81. The Hall–Kier alpha value is -2.48. The second-order valence-electron chi connectivity index (χ2n) is 5.55. The van der Waals surface area contributed by atoms with E-state index in [0.717, 1.165) is 23.3 Å². The van der Waals surface area contributed by atoms with Gasteiger partial charge in [-0.15, -0.1) is 0 Å². The van der Waals surface area contributed by atoms with E-state index < -0.39 is 5.97 Å². The molecule has 6 nitrogen and oxygen atoms in total. The number of carbonyl (C=O) groups excluding carboxylic acids is 1. The number of carboxylic acid groups (broad SMARTS) is 1. The van der Waals surface area contributed by atoms with E-state index in [4.69, 9.17) is 5.11 Å². The van der Waals surface area contributed by atoms with E-state index in [1.54, 1.807) is 24.0 Å². The highest BCUT2D eigenvalue weighted by Crippen LogP contribution is 2.29. The average molecular weight is 349 g/mol. The zero-order valence-corrected chi connectivity index (χ0v) is 13.8. The molecule has 1 aromatic carbocycles. The van der Waals surface area contributed by atoms with Crippen molar-refractivity contribution in [2.75, 3.05) is 18.0 Å². The number of aromatic nitrogens is 1. The number of urea groups is 1. The van der Waals surface area contributed by atoms with E-state index in [0.29, 0.717) is 30.5 Å². The van der Waals surface area contributed by atoms with Gasteiger partial charge in [-0.25, -0.2) is 19.0 Å². The number of hydrogen-bond donors (Lipinski definition) is 1. The zero-order chi connectivity index (χ0) is 17.3. The van der Waals surface area contributed by atoms with E-state index in [1.807, 2.05) is 0 Å². The van der Waals surface area contributed by atoms with E-state index in [9.17, 15) is 14.0 Å².